The van der Waals surface area contributed by atoms with E-state index in [4.69, 9.17) is 4.74 Å². The Kier molecular flexibility index (Phi) is 5.87. The Balaban J connectivity index is 1.95. The van der Waals surface area contributed by atoms with Crippen LogP contribution in [0, 0.1) is 5.92 Å². The van der Waals surface area contributed by atoms with Crippen LogP contribution >= 0.6 is 0 Å². The van der Waals surface area contributed by atoms with Crippen LogP contribution in [0.4, 0.5) is 0 Å². The Labute approximate surface area is 117 Å². The summed E-state index contributed by atoms with van der Waals surface area (Å²) in [4.78, 5) is 0. The van der Waals surface area contributed by atoms with Crippen molar-refractivity contribution in [2.75, 3.05) is 19.8 Å². The van der Waals surface area contributed by atoms with E-state index < -0.39 is 0 Å². The smallest absolute Gasteiger partial charge is 0.0469 e. The third-order valence-corrected chi connectivity index (χ3v) is 3.94. The van der Waals surface area contributed by atoms with Crippen LogP contribution in [-0.4, -0.2) is 19.8 Å². The standard InChI is InChI=1S/C17H27NO/c1-3-10-18-17-15(9-12-19-11-4-2)13-14-7-5-6-8-16(14)17/h5-8,15,17-18H,3-4,9-13H2,1-2H3. The second-order valence-electron chi connectivity index (χ2n) is 5.50. The van der Waals surface area contributed by atoms with E-state index in [0.717, 1.165) is 32.6 Å². The van der Waals surface area contributed by atoms with E-state index in [-0.39, 0.29) is 0 Å². The summed E-state index contributed by atoms with van der Waals surface area (Å²) in [5.41, 5.74) is 3.04. The fraction of sp³-hybridized carbons (Fsp3) is 0.647. The molecule has 2 atom stereocenters. The summed E-state index contributed by atoms with van der Waals surface area (Å²) in [5.74, 6) is 0.695. The molecule has 1 aromatic rings. The highest BCUT2D eigenvalue weighted by molar-refractivity contribution is 5.35. The summed E-state index contributed by atoms with van der Waals surface area (Å²) in [7, 11) is 0. The van der Waals surface area contributed by atoms with Gasteiger partial charge in [0.05, 0.1) is 0 Å². The molecule has 106 valence electrons. The molecule has 1 aromatic carbocycles. The van der Waals surface area contributed by atoms with E-state index in [9.17, 15) is 0 Å². The zero-order valence-electron chi connectivity index (χ0n) is 12.3. The number of hydrogen-bond acceptors (Lipinski definition) is 2. The van der Waals surface area contributed by atoms with Crippen molar-refractivity contribution in [3.63, 3.8) is 0 Å². The summed E-state index contributed by atoms with van der Waals surface area (Å²) >= 11 is 0. The molecule has 0 bridgehead atoms. The van der Waals surface area contributed by atoms with Gasteiger partial charge in [0.1, 0.15) is 0 Å². The molecule has 2 rings (SSSR count). The molecule has 2 unspecified atom stereocenters. The first-order valence-electron chi connectivity index (χ1n) is 7.75. The van der Waals surface area contributed by atoms with Gasteiger partial charge < -0.3 is 10.1 Å². The van der Waals surface area contributed by atoms with E-state index >= 15 is 0 Å². The lowest BCUT2D eigenvalue weighted by Gasteiger charge is -2.22. The molecule has 0 radical (unpaired) electrons. The quantitative estimate of drug-likeness (QED) is 0.720. The lowest BCUT2D eigenvalue weighted by Crippen LogP contribution is -2.27. The van der Waals surface area contributed by atoms with Crippen LogP contribution in [0.1, 0.15) is 50.3 Å². The van der Waals surface area contributed by atoms with Gasteiger partial charge in [-0.2, -0.15) is 0 Å². The Bertz CT molecular complexity index is 377. The number of benzene rings is 1. The largest absolute Gasteiger partial charge is 0.381 e. The van der Waals surface area contributed by atoms with Gasteiger partial charge in [0.2, 0.25) is 0 Å². The fourth-order valence-electron chi connectivity index (χ4n) is 3.00. The summed E-state index contributed by atoms with van der Waals surface area (Å²) in [6.07, 6.45) is 4.67. The maximum Gasteiger partial charge on any atom is 0.0469 e. The molecule has 0 fully saturated rings. The molecule has 2 nitrogen and oxygen atoms in total. The number of ether oxygens (including phenoxy) is 1. The van der Waals surface area contributed by atoms with Gasteiger partial charge in [-0.25, -0.2) is 0 Å². The molecular weight excluding hydrogens is 234 g/mol. The Morgan fingerprint density at radius 3 is 2.79 bits per heavy atom. The van der Waals surface area contributed by atoms with Crippen molar-refractivity contribution in [1.82, 2.24) is 5.32 Å². The van der Waals surface area contributed by atoms with Crippen molar-refractivity contribution < 1.29 is 4.74 Å². The van der Waals surface area contributed by atoms with Crippen molar-refractivity contribution in [2.45, 2.75) is 45.6 Å². The molecule has 0 spiro atoms. The first-order chi connectivity index (χ1) is 9.36. The average Bonchev–Trinajstić information content (AvgIpc) is 2.79. The van der Waals surface area contributed by atoms with Crippen molar-refractivity contribution in [3.8, 4) is 0 Å². The zero-order valence-corrected chi connectivity index (χ0v) is 12.3. The molecule has 0 amide bonds. The van der Waals surface area contributed by atoms with E-state index in [2.05, 4.69) is 43.4 Å². The average molecular weight is 261 g/mol. The third-order valence-electron chi connectivity index (χ3n) is 3.94. The molecule has 0 aliphatic heterocycles. The van der Waals surface area contributed by atoms with Gasteiger partial charge in [0, 0.05) is 19.3 Å². The van der Waals surface area contributed by atoms with Crippen molar-refractivity contribution >= 4 is 0 Å². The molecule has 0 saturated carbocycles. The third kappa shape index (κ3) is 3.80. The summed E-state index contributed by atoms with van der Waals surface area (Å²) in [6.45, 7) is 7.29. The summed E-state index contributed by atoms with van der Waals surface area (Å²) < 4.78 is 5.67. The first kappa shape index (κ1) is 14.5. The number of nitrogens with one attached hydrogen (secondary N) is 1. The second kappa shape index (κ2) is 7.66. The van der Waals surface area contributed by atoms with E-state index in [0.29, 0.717) is 12.0 Å². The van der Waals surface area contributed by atoms with Gasteiger partial charge in [-0.05, 0) is 49.3 Å². The predicted octanol–water partition coefficient (Wildman–Crippen LogP) is 3.72. The zero-order chi connectivity index (χ0) is 13.5. The van der Waals surface area contributed by atoms with Crippen molar-refractivity contribution in [1.29, 1.82) is 0 Å². The molecule has 1 aliphatic carbocycles. The van der Waals surface area contributed by atoms with Crippen LogP contribution in [-0.2, 0) is 11.2 Å². The summed E-state index contributed by atoms with van der Waals surface area (Å²) in [6, 6.07) is 9.42. The number of fused-ring (bicyclic) bond motifs is 1. The molecule has 2 heteroatoms. The number of hydrogen-bond donors (Lipinski definition) is 1. The summed E-state index contributed by atoms with van der Waals surface area (Å²) in [5, 5.41) is 3.72. The molecule has 1 N–H and O–H groups in total. The van der Waals surface area contributed by atoms with Crippen LogP contribution in [0.3, 0.4) is 0 Å². The highest BCUT2D eigenvalue weighted by Gasteiger charge is 2.31. The normalized spacial score (nSPS) is 21.6. The molecule has 1 aliphatic rings. The van der Waals surface area contributed by atoms with Crippen LogP contribution in [0.15, 0.2) is 24.3 Å². The second-order valence-corrected chi connectivity index (χ2v) is 5.50. The first-order valence-corrected chi connectivity index (χ1v) is 7.75. The Morgan fingerprint density at radius 1 is 1.16 bits per heavy atom. The van der Waals surface area contributed by atoms with E-state index in [1.807, 2.05) is 0 Å². The van der Waals surface area contributed by atoms with Crippen LogP contribution in [0.5, 0.6) is 0 Å². The van der Waals surface area contributed by atoms with Gasteiger partial charge in [-0.15, -0.1) is 0 Å². The van der Waals surface area contributed by atoms with E-state index in [1.165, 1.54) is 24.0 Å². The molecule has 0 aromatic heterocycles. The maximum absolute atomic E-state index is 5.67. The number of rotatable bonds is 8. The van der Waals surface area contributed by atoms with Crippen molar-refractivity contribution in [3.05, 3.63) is 35.4 Å². The minimum atomic E-state index is 0.529. The highest BCUT2D eigenvalue weighted by atomic mass is 16.5. The van der Waals surface area contributed by atoms with Gasteiger partial charge in [-0.3, -0.25) is 0 Å². The van der Waals surface area contributed by atoms with Crippen molar-refractivity contribution in [2.24, 2.45) is 5.92 Å². The molecule has 19 heavy (non-hydrogen) atoms. The SMILES string of the molecule is CCCNC1c2ccccc2CC1CCOCCC. The van der Waals surface area contributed by atoms with Crippen LogP contribution < -0.4 is 5.32 Å². The lowest BCUT2D eigenvalue weighted by molar-refractivity contribution is 0.116. The van der Waals surface area contributed by atoms with Crippen LogP contribution in [0.25, 0.3) is 0 Å². The lowest BCUT2D eigenvalue weighted by atomic mass is 9.97. The molecular formula is C17H27NO. The fourth-order valence-corrected chi connectivity index (χ4v) is 3.00. The highest BCUT2D eigenvalue weighted by Crippen LogP contribution is 2.37. The predicted molar refractivity (Wildman–Crippen MR) is 80.4 cm³/mol. The van der Waals surface area contributed by atoms with Gasteiger partial charge >= 0.3 is 0 Å². The minimum Gasteiger partial charge on any atom is -0.381 e. The van der Waals surface area contributed by atoms with Gasteiger partial charge in [0.15, 0.2) is 0 Å². The topological polar surface area (TPSA) is 21.3 Å². The van der Waals surface area contributed by atoms with Gasteiger partial charge in [-0.1, -0.05) is 38.1 Å². The monoisotopic (exact) mass is 261 g/mol. The maximum atomic E-state index is 5.67. The molecule has 0 heterocycles. The Hall–Kier alpha value is -0.860. The Morgan fingerprint density at radius 2 is 2.00 bits per heavy atom. The van der Waals surface area contributed by atoms with E-state index in [1.54, 1.807) is 0 Å². The minimum absolute atomic E-state index is 0.529. The van der Waals surface area contributed by atoms with Crippen LogP contribution in [0.2, 0.25) is 0 Å². The molecule has 0 saturated heterocycles. The van der Waals surface area contributed by atoms with Gasteiger partial charge in [0.25, 0.3) is 0 Å².